The Morgan fingerprint density at radius 1 is 0.971 bits per heavy atom. The predicted octanol–water partition coefficient (Wildman–Crippen LogP) is 4.17. The topological polar surface area (TPSA) is 78.9 Å². The number of nitrogens with one attached hydrogen (secondary N) is 1. The van der Waals surface area contributed by atoms with Gasteiger partial charge in [0.25, 0.3) is 15.9 Å². The van der Waals surface area contributed by atoms with Gasteiger partial charge in [0.1, 0.15) is 5.75 Å². The third-order valence-electron chi connectivity index (χ3n) is 5.89. The number of benzene rings is 3. The summed E-state index contributed by atoms with van der Waals surface area (Å²) in [6.45, 7) is 5.56. The zero-order valence-corrected chi connectivity index (χ0v) is 21.1. The van der Waals surface area contributed by atoms with Crippen molar-refractivity contribution in [3.8, 4) is 5.75 Å². The van der Waals surface area contributed by atoms with Crippen LogP contribution >= 0.6 is 11.6 Å². The maximum Gasteiger partial charge on any atom is 0.261 e. The van der Waals surface area contributed by atoms with Crippen LogP contribution in [0.4, 0.5) is 5.69 Å². The molecule has 35 heavy (non-hydrogen) atoms. The Hall–Kier alpha value is -3.07. The number of carbonyl (C=O) groups excluding carboxylic acids is 1. The van der Waals surface area contributed by atoms with E-state index in [2.05, 4.69) is 21.8 Å². The lowest BCUT2D eigenvalue weighted by Gasteiger charge is -2.34. The lowest BCUT2D eigenvalue weighted by Crippen LogP contribution is -2.49. The summed E-state index contributed by atoms with van der Waals surface area (Å²) >= 11 is 6.08. The minimum atomic E-state index is -3.78. The molecule has 3 aromatic rings. The van der Waals surface area contributed by atoms with E-state index >= 15 is 0 Å². The van der Waals surface area contributed by atoms with Crippen molar-refractivity contribution in [2.45, 2.75) is 18.4 Å². The van der Waals surface area contributed by atoms with E-state index in [9.17, 15) is 13.2 Å². The number of carbonyl (C=O) groups is 1. The summed E-state index contributed by atoms with van der Waals surface area (Å²) in [5.41, 5.74) is 2.51. The highest BCUT2D eigenvalue weighted by molar-refractivity contribution is 7.92. The van der Waals surface area contributed by atoms with Gasteiger partial charge < -0.3 is 9.64 Å². The molecule has 0 bridgehead atoms. The molecule has 0 radical (unpaired) electrons. The number of halogens is 1. The molecule has 4 rings (SSSR count). The first-order valence-corrected chi connectivity index (χ1v) is 13.2. The predicted molar refractivity (Wildman–Crippen MR) is 137 cm³/mol. The standard InChI is InChI=1S/C26H28ClN3O4S/c1-20-7-8-22(17-25(20)27)28-35(32,33)24-11-9-23(10-12-24)34-19-26(31)30-15-13-29(14-16-30)18-21-5-3-2-4-6-21/h2-12,17,28H,13-16,18-19H2,1H3. The molecular formula is C26H28ClN3O4S. The third-order valence-corrected chi connectivity index (χ3v) is 7.70. The summed E-state index contributed by atoms with van der Waals surface area (Å²) < 4.78 is 33.5. The van der Waals surface area contributed by atoms with Gasteiger partial charge in [-0.25, -0.2) is 8.42 Å². The third kappa shape index (κ3) is 6.75. The number of amides is 1. The van der Waals surface area contributed by atoms with Gasteiger partial charge in [-0.05, 0) is 54.4 Å². The van der Waals surface area contributed by atoms with Crippen LogP contribution in [0.15, 0.2) is 77.7 Å². The van der Waals surface area contributed by atoms with Crippen LogP contribution < -0.4 is 9.46 Å². The summed E-state index contributed by atoms with van der Waals surface area (Å²) in [6, 6.07) is 21.2. The molecule has 0 unspecified atom stereocenters. The van der Waals surface area contributed by atoms with Crippen LogP contribution in [0.3, 0.4) is 0 Å². The van der Waals surface area contributed by atoms with Crippen LogP contribution in [-0.4, -0.2) is 56.9 Å². The molecule has 7 nitrogen and oxygen atoms in total. The fraction of sp³-hybridized carbons (Fsp3) is 0.269. The van der Waals surface area contributed by atoms with E-state index in [4.69, 9.17) is 16.3 Å². The maximum absolute atomic E-state index is 12.7. The zero-order valence-electron chi connectivity index (χ0n) is 19.5. The van der Waals surface area contributed by atoms with Crippen molar-refractivity contribution in [3.05, 3.63) is 88.9 Å². The summed E-state index contributed by atoms with van der Waals surface area (Å²) in [5, 5.41) is 0.483. The number of anilines is 1. The van der Waals surface area contributed by atoms with Crippen molar-refractivity contribution in [3.63, 3.8) is 0 Å². The lowest BCUT2D eigenvalue weighted by molar-refractivity contribution is -0.135. The summed E-state index contributed by atoms with van der Waals surface area (Å²) in [6.07, 6.45) is 0. The first kappa shape index (κ1) is 25.0. The second-order valence-corrected chi connectivity index (χ2v) is 10.6. The molecule has 1 fully saturated rings. The Labute approximate surface area is 211 Å². The Morgan fingerprint density at radius 3 is 2.31 bits per heavy atom. The van der Waals surface area contributed by atoms with Crippen molar-refractivity contribution in [1.29, 1.82) is 0 Å². The van der Waals surface area contributed by atoms with Gasteiger partial charge in [-0.15, -0.1) is 0 Å². The molecule has 0 aliphatic carbocycles. The van der Waals surface area contributed by atoms with E-state index in [1.165, 1.54) is 17.7 Å². The molecule has 1 amide bonds. The molecular weight excluding hydrogens is 486 g/mol. The van der Waals surface area contributed by atoms with Crippen molar-refractivity contribution in [1.82, 2.24) is 9.80 Å². The van der Waals surface area contributed by atoms with Gasteiger partial charge in [-0.3, -0.25) is 14.4 Å². The van der Waals surface area contributed by atoms with Crippen molar-refractivity contribution in [2.75, 3.05) is 37.5 Å². The first-order chi connectivity index (χ1) is 16.8. The monoisotopic (exact) mass is 513 g/mol. The number of hydrogen-bond donors (Lipinski definition) is 1. The van der Waals surface area contributed by atoms with Gasteiger partial charge in [-0.2, -0.15) is 0 Å². The van der Waals surface area contributed by atoms with Gasteiger partial charge in [0.2, 0.25) is 0 Å². The van der Waals surface area contributed by atoms with E-state index in [-0.39, 0.29) is 17.4 Å². The van der Waals surface area contributed by atoms with Crippen LogP contribution in [0, 0.1) is 6.92 Å². The highest BCUT2D eigenvalue weighted by atomic mass is 35.5. The second-order valence-electron chi connectivity index (χ2n) is 8.47. The molecule has 1 aliphatic rings. The van der Waals surface area contributed by atoms with Crippen molar-refractivity contribution < 1.29 is 17.9 Å². The van der Waals surface area contributed by atoms with Crippen molar-refractivity contribution in [2.24, 2.45) is 0 Å². The van der Waals surface area contributed by atoms with Crippen LogP contribution in [0.5, 0.6) is 5.75 Å². The smallest absolute Gasteiger partial charge is 0.261 e. The number of aryl methyl sites for hydroxylation is 1. The number of nitrogens with zero attached hydrogens (tertiary/aromatic N) is 2. The first-order valence-electron chi connectivity index (χ1n) is 11.4. The molecule has 1 aliphatic heterocycles. The SMILES string of the molecule is Cc1ccc(NS(=O)(=O)c2ccc(OCC(=O)N3CCN(Cc4ccccc4)CC3)cc2)cc1Cl. The van der Waals surface area contributed by atoms with E-state index in [1.807, 2.05) is 25.1 Å². The molecule has 3 aromatic carbocycles. The molecule has 9 heteroatoms. The molecule has 1 N–H and O–H groups in total. The van der Waals surface area contributed by atoms with Gasteiger partial charge in [-0.1, -0.05) is 48.0 Å². The average molecular weight is 514 g/mol. The van der Waals surface area contributed by atoms with Crippen LogP contribution in [0.2, 0.25) is 5.02 Å². The quantitative estimate of drug-likeness (QED) is 0.489. The summed E-state index contributed by atoms with van der Waals surface area (Å²) in [4.78, 5) is 16.8. The van der Waals surface area contributed by atoms with Crippen LogP contribution in [0.1, 0.15) is 11.1 Å². The molecule has 0 aromatic heterocycles. The van der Waals surface area contributed by atoms with E-state index in [0.717, 1.165) is 25.2 Å². The number of ether oxygens (including phenoxy) is 1. The maximum atomic E-state index is 12.7. The minimum Gasteiger partial charge on any atom is -0.484 e. The second kappa shape index (κ2) is 11.1. The molecule has 0 saturated carbocycles. The highest BCUT2D eigenvalue weighted by Crippen LogP contribution is 2.23. The molecule has 1 saturated heterocycles. The normalized spacial score (nSPS) is 14.5. The Bertz CT molecular complexity index is 1260. The lowest BCUT2D eigenvalue weighted by atomic mass is 10.2. The number of piperazine rings is 1. The number of sulfonamides is 1. The summed E-state index contributed by atoms with van der Waals surface area (Å²) in [5.74, 6) is 0.345. The van der Waals surface area contributed by atoms with Gasteiger partial charge in [0.05, 0.1) is 10.6 Å². The molecule has 0 atom stereocenters. The van der Waals surface area contributed by atoms with Gasteiger partial charge >= 0.3 is 0 Å². The fourth-order valence-electron chi connectivity index (χ4n) is 3.82. The number of rotatable bonds is 8. The fourth-order valence-corrected chi connectivity index (χ4v) is 5.05. The molecule has 0 spiro atoms. The summed E-state index contributed by atoms with van der Waals surface area (Å²) in [7, 11) is -3.78. The van der Waals surface area contributed by atoms with Gasteiger partial charge in [0.15, 0.2) is 6.61 Å². The van der Waals surface area contributed by atoms with Crippen LogP contribution in [0.25, 0.3) is 0 Å². The van der Waals surface area contributed by atoms with Crippen LogP contribution in [-0.2, 0) is 21.4 Å². The van der Waals surface area contributed by atoms with E-state index in [1.54, 1.807) is 35.2 Å². The van der Waals surface area contributed by atoms with Crippen molar-refractivity contribution >= 4 is 33.2 Å². The Kier molecular flexibility index (Phi) is 7.95. The highest BCUT2D eigenvalue weighted by Gasteiger charge is 2.21. The average Bonchev–Trinajstić information content (AvgIpc) is 2.86. The Balaban J connectivity index is 1.26. The van der Waals surface area contributed by atoms with E-state index < -0.39 is 10.0 Å². The minimum absolute atomic E-state index is 0.0843. The van der Waals surface area contributed by atoms with E-state index in [0.29, 0.717) is 29.5 Å². The molecule has 184 valence electrons. The zero-order chi connectivity index (χ0) is 24.8. The Morgan fingerprint density at radius 2 is 1.66 bits per heavy atom. The number of hydrogen-bond acceptors (Lipinski definition) is 5. The largest absolute Gasteiger partial charge is 0.484 e. The molecule has 1 heterocycles. The van der Waals surface area contributed by atoms with Gasteiger partial charge in [0, 0.05) is 37.7 Å².